The highest BCUT2D eigenvalue weighted by Gasteiger charge is 2.16. The molecule has 0 heterocycles. The first-order valence-corrected chi connectivity index (χ1v) is 5.18. The van der Waals surface area contributed by atoms with Crippen molar-refractivity contribution in [1.82, 2.24) is 5.06 Å². The van der Waals surface area contributed by atoms with Crippen molar-refractivity contribution in [3.05, 3.63) is 47.5 Å². The molecule has 0 unspecified atom stereocenters. The van der Waals surface area contributed by atoms with Crippen LogP contribution < -0.4 is 0 Å². The largest absolute Gasteiger partial charge is 0.502 e. The summed E-state index contributed by atoms with van der Waals surface area (Å²) in [6.07, 6.45) is 0.479. The average molecular weight is 269 g/mol. The highest BCUT2D eigenvalue weighted by atomic mass is 19.1. The molecule has 0 aromatic heterocycles. The third-order valence-electron chi connectivity index (χ3n) is 2.22. The predicted molar refractivity (Wildman–Crippen MR) is 62.3 cm³/mol. The molecule has 1 aromatic rings. The van der Waals surface area contributed by atoms with Gasteiger partial charge in [-0.05, 0) is 6.07 Å². The topological polar surface area (TPSA) is 87.1 Å². The van der Waals surface area contributed by atoms with Gasteiger partial charge in [-0.2, -0.15) is 0 Å². The van der Waals surface area contributed by atoms with E-state index in [-0.39, 0.29) is 12.1 Å². The van der Waals surface area contributed by atoms with Gasteiger partial charge in [0.15, 0.2) is 0 Å². The standard InChI is InChI=1S/C12H12FNO5/c1-19-14(11(16)6-10(15)12(17)18)7-8-4-2-3-5-9(8)13/h2-6,15H,7H2,1H3,(H,17,18). The number of halogens is 1. The minimum absolute atomic E-state index is 0.195. The summed E-state index contributed by atoms with van der Waals surface area (Å²) in [5, 5.41) is 18.1. The number of hydrogen-bond acceptors (Lipinski definition) is 4. The number of carbonyl (C=O) groups excluding carboxylic acids is 1. The molecule has 0 spiro atoms. The summed E-state index contributed by atoms with van der Waals surface area (Å²) < 4.78 is 13.4. The molecule has 0 atom stereocenters. The number of aliphatic hydroxyl groups excluding tert-OH is 1. The summed E-state index contributed by atoms with van der Waals surface area (Å²) in [7, 11) is 1.17. The third-order valence-corrected chi connectivity index (χ3v) is 2.22. The summed E-state index contributed by atoms with van der Waals surface area (Å²) in [4.78, 5) is 26.7. The van der Waals surface area contributed by atoms with Crippen LogP contribution in [0.25, 0.3) is 0 Å². The molecule has 0 aliphatic heterocycles. The number of hydroxylamine groups is 2. The van der Waals surface area contributed by atoms with E-state index >= 15 is 0 Å². The smallest absolute Gasteiger partial charge is 0.371 e. The van der Waals surface area contributed by atoms with E-state index in [1.165, 1.54) is 25.3 Å². The van der Waals surface area contributed by atoms with Gasteiger partial charge in [0.25, 0.3) is 5.91 Å². The van der Waals surface area contributed by atoms with Gasteiger partial charge < -0.3 is 10.2 Å². The molecule has 0 radical (unpaired) electrons. The lowest BCUT2D eigenvalue weighted by Crippen LogP contribution is -2.29. The van der Waals surface area contributed by atoms with Gasteiger partial charge in [0, 0.05) is 5.56 Å². The summed E-state index contributed by atoms with van der Waals surface area (Å²) in [5.41, 5.74) is 0.195. The minimum atomic E-state index is -1.64. The number of amides is 1. The van der Waals surface area contributed by atoms with Gasteiger partial charge >= 0.3 is 5.97 Å². The van der Waals surface area contributed by atoms with Gasteiger partial charge in [0.2, 0.25) is 5.76 Å². The van der Waals surface area contributed by atoms with Gasteiger partial charge in [-0.3, -0.25) is 9.63 Å². The molecule has 0 fully saturated rings. The molecule has 6 nitrogen and oxygen atoms in total. The van der Waals surface area contributed by atoms with Crippen LogP contribution in [-0.4, -0.2) is 34.3 Å². The number of carboxylic acid groups (broad SMARTS) is 1. The SMILES string of the molecule is CON(Cc1ccccc1F)C(=O)C=C(O)C(=O)O. The Bertz CT molecular complexity index is 515. The summed E-state index contributed by atoms with van der Waals surface area (Å²) >= 11 is 0. The van der Waals surface area contributed by atoms with Crippen molar-refractivity contribution in [3.63, 3.8) is 0 Å². The number of aliphatic hydroxyl groups is 1. The maximum Gasteiger partial charge on any atom is 0.371 e. The molecule has 0 aliphatic carbocycles. The van der Waals surface area contributed by atoms with Crippen LogP contribution in [0.1, 0.15) is 5.56 Å². The normalized spacial score (nSPS) is 11.2. The van der Waals surface area contributed by atoms with Crippen molar-refractivity contribution in [2.45, 2.75) is 6.54 Å². The van der Waals surface area contributed by atoms with Crippen LogP contribution in [0.4, 0.5) is 4.39 Å². The lowest BCUT2D eigenvalue weighted by atomic mass is 10.2. The van der Waals surface area contributed by atoms with Crippen molar-refractivity contribution < 1.29 is 29.0 Å². The maximum absolute atomic E-state index is 13.4. The lowest BCUT2D eigenvalue weighted by molar-refractivity contribution is -0.173. The number of nitrogens with zero attached hydrogens (tertiary/aromatic N) is 1. The van der Waals surface area contributed by atoms with Gasteiger partial charge in [-0.1, -0.05) is 18.2 Å². The number of hydrogen-bond donors (Lipinski definition) is 2. The minimum Gasteiger partial charge on any atom is -0.502 e. The zero-order chi connectivity index (χ0) is 14.4. The Balaban J connectivity index is 2.85. The van der Waals surface area contributed by atoms with Crippen LogP contribution >= 0.6 is 0 Å². The second kappa shape index (κ2) is 6.50. The maximum atomic E-state index is 13.4. The fourth-order valence-corrected chi connectivity index (χ4v) is 1.26. The summed E-state index contributed by atoms with van der Waals surface area (Å²) in [6, 6.07) is 5.75. The second-order valence-corrected chi connectivity index (χ2v) is 3.48. The summed E-state index contributed by atoms with van der Waals surface area (Å²) in [6.45, 7) is -0.217. The zero-order valence-corrected chi connectivity index (χ0v) is 10.0. The van der Waals surface area contributed by atoms with Crippen LogP contribution in [0, 0.1) is 5.82 Å². The molecular weight excluding hydrogens is 257 g/mol. The zero-order valence-electron chi connectivity index (χ0n) is 10.0. The van der Waals surface area contributed by atoms with Crippen molar-refractivity contribution >= 4 is 11.9 Å². The third kappa shape index (κ3) is 4.07. The van der Waals surface area contributed by atoms with Crippen molar-refractivity contribution in [2.75, 3.05) is 7.11 Å². The lowest BCUT2D eigenvalue weighted by Gasteiger charge is -2.18. The molecule has 19 heavy (non-hydrogen) atoms. The number of carbonyl (C=O) groups is 2. The van der Waals surface area contributed by atoms with E-state index in [1.807, 2.05) is 0 Å². The fourth-order valence-electron chi connectivity index (χ4n) is 1.26. The van der Waals surface area contributed by atoms with Crippen LogP contribution in [0.5, 0.6) is 0 Å². The van der Waals surface area contributed by atoms with E-state index < -0.39 is 23.5 Å². The Kier molecular flexibility index (Phi) is 5.01. The Labute approximate surface area is 108 Å². The number of rotatable bonds is 5. The molecule has 1 rings (SSSR count). The first-order valence-electron chi connectivity index (χ1n) is 5.18. The van der Waals surface area contributed by atoms with E-state index in [9.17, 15) is 14.0 Å². The predicted octanol–water partition coefficient (Wildman–Crippen LogP) is 1.24. The molecule has 1 amide bonds. The van der Waals surface area contributed by atoms with Crippen LogP contribution in [-0.2, 0) is 21.0 Å². The van der Waals surface area contributed by atoms with Crippen LogP contribution in [0.2, 0.25) is 0 Å². The Hall–Kier alpha value is -2.41. The summed E-state index contributed by atoms with van der Waals surface area (Å²) in [5.74, 6) is -4.20. The van der Waals surface area contributed by atoms with Gasteiger partial charge in [-0.15, -0.1) is 0 Å². The van der Waals surface area contributed by atoms with Crippen molar-refractivity contribution in [1.29, 1.82) is 0 Å². The van der Waals surface area contributed by atoms with E-state index in [0.29, 0.717) is 6.08 Å². The molecular formula is C12H12FNO5. The number of benzene rings is 1. The van der Waals surface area contributed by atoms with Crippen molar-refractivity contribution in [2.24, 2.45) is 0 Å². The first-order chi connectivity index (χ1) is 8.95. The molecule has 2 N–H and O–H groups in total. The number of aliphatic carboxylic acids is 1. The Morgan fingerprint density at radius 1 is 1.37 bits per heavy atom. The Morgan fingerprint density at radius 2 is 2.00 bits per heavy atom. The first kappa shape index (κ1) is 14.7. The molecule has 1 aromatic carbocycles. The van der Waals surface area contributed by atoms with E-state index in [0.717, 1.165) is 5.06 Å². The molecule has 0 saturated heterocycles. The van der Waals surface area contributed by atoms with Gasteiger partial charge in [0.1, 0.15) is 5.82 Å². The van der Waals surface area contributed by atoms with Gasteiger partial charge in [0.05, 0.1) is 19.7 Å². The van der Waals surface area contributed by atoms with Crippen LogP contribution in [0.3, 0.4) is 0 Å². The van der Waals surface area contributed by atoms with Crippen LogP contribution in [0.15, 0.2) is 36.1 Å². The Morgan fingerprint density at radius 3 is 2.53 bits per heavy atom. The van der Waals surface area contributed by atoms with Gasteiger partial charge in [-0.25, -0.2) is 14.2 Å². The highest BCUT2D eigenvalue weighted by molar-refractivity contribution is 5.95. The number of carboxylic acids is 1. The molecule has 0 saturated carbocycles. The van der Waals surface area contributed by atoms with Crippen molar-refractivity contribution in [3.8, 4) is 0 Å². The average Bonchev–Trinajstić information content (AvgIpc) is 2.37. The monoisotopic (exact) mass is 269 g/mol. The molecule has 102 valence electrons. The highest BCUT2D eigenvalue weighted by Crippen LogP contribution is 2.10. The fraction of sp³-hybridized carbons (Fsp3) is 0.167. The quantitative estimate of drug-likeness (QED) is 0.477. The molecule has 0 bridgehead atoms. The second-order valence-electron chi connectivity index (χ2n) is 3.48. The van der Waals surface area contributed by atoms with E-state index in [2.05, 4.69) is 0 Å². The van der Waals surface area contributed by atoms with E-state index in [1.54, 1.807) is 6.07 Å². The van der Waals surface area contributed by atoms with E-state index in [4.69, 9.17) is 15.1 Å². The molecule has 0 aliphatic rings. The molecule has 7 heteroatoms.